The van der Waals surface area contributed by atoms with E-state index in [0.717, 1.165) is 19.1 Å². The maximum absolute atomic E-state index is 8.69. The maximum atomic E-state index is 8.69. The SMILES string of the molecule is CC(O)COC(C)CO.CCCCOCCC(C)C. The number of ether oxygens (including phenoxy) is 2. The third-order valence-electron chi connectivity index (χ3n) is 2.36. The summed E-state index contributed by atoms with van der Waals surface area (Å²) in [6.07, 6.45) is 3.03. The van der Waals surface area contributed by atoms with Crippen LogP contribution in [0.2, 0.25) is 0 Å². The lowest BCUT2D eigenvalue weighted by molar-refractivity contribution is -0.0177. The van der Waals surface area contributed by atoms with Gasteiger partial charge in [-0.2, -0.15) is 0 Å². The Morgan fingerprint density at radius 2 is 1.68 bits per heavy atom. The van der Waals surface area contributed by atoms with Crippen LogP contribution in [0.1, 0.15) is 53.9 Å². The minimum atomic E-state index is -0.445. The van der Waals surface area contributed by atoms with E-state index in [4.69, 9.17) is 19.7 Å². The molecule has 19 heavy (non-hydrogen) atoms. The Morgan fingerprint density at radius 1 is 1.05 bits per heavy atom. The maximum Gasteiger partial charge on any atom is 0.0779 e. The van der Waals surface area contributed by atoms with Gasteiger partial charge in [0, 0.05) is 13.2 Å². The highest BCUT2D eigenvalue weighted by atomic mass is 16.5. The number of rotatable bonds is 10. The number of aliphatic hydroxyl groups is 2. The molecule has 0 aliphatic carbocycles. The van der Waals surface area contributed by atoms with Gasteiger partial charge in [0.05, 0.1) is 25.4 Å². The lowest BCUT2D eigenvalue weighted by Gasteiger charge is -2.10. The Bertz CT molecular complexity index is 160. The molecule has 0 spiro atoms. The molecule has 0 saturated heterocycles. The molecule has 2 N–H and O–H groups in total. The molecule has 0 rings (SSSR count). The van der Waals surface area contributed by atoms with Gasteiger partial charge in [-0.25, -0.2) is 0 Å². The second kappa shape index (κ2) is 15.9. The second-order valence-electron chi connectivity index (χ2n) is 5.32. The first-order valence-electron chi connectivity index (χ1n) is 7.42. The standard InChI is InChI=1S/C9H20O.C6H14O3/c1-4-5-7-10-8-6-9(2)3;1-5(8)4-9-6(2)3-7/h9H,4-8H2,1-3H3;5-8H,3-4H2,1-2H3. The summed E-state index contributed by atoms with van der Waals surface area (Å²) in [4.78, 5) is 0. The lowest BCUT2D eigenvalue weighted by atomic mass is 10.1. The van der Waals surface area contributed by atoms with Crippen LogP contribution in [0.15, 0.2) is 0 Å². The quantitative estimate of drug-likeness (QED) is 0.603. The smallest absolute Gasteiger partial charge is 0.0779 e. The molecule has 0 amide bonds. The van der Waals surface area contributed by atoms with Crippen molar-refractivity contribution in [3.8, 4) is 0 Å². The van der Waals surface area contributed by atoms with Crippen LogP contribution in [0.3, 0.4) is 0 Å². The van der Waals surface area contributed by atoms with Gasteiger partial charge in [0.25, 0.3) is 0 Å². The molecule has 4 nitrogen and oxygen atoms in total. The van der Waals surface area contributed by atoms with Crippen molar-refractivity contribution in [1.82, 2.24) is 0 Å². The van der Waals surface area contributed by atoms with E-state index in [9.17, 15) is 0 Å². The molecule has 118 valence electrons. The zero-order valence-corrected chi connectivity index (χ0v) is 13.4. The Morgan fingerprint density at radius 3 is 2.11 bits per heavy atom. The molecule has 0 aromatic carbocycles. The van der Waals surface area contributed by atoms with Gasteiger partial charge >= 0.3 is 0 Å². The normalized spacial score (nSPS) is 13.9. The average Bonchev–Trinajstić information content (AvgIpc) is 2.36. The van der Waals surface area contributed by atoms with Crippen LogP contribution in [0.4, 0.5) is 0 Å². The molecular weight excluding hydrogens is 244 g/mol. The van der Waals surface area contributed by atoms with Gasteiger partial charge < -0.3 is 19.7 Å². The van der Waals surface area contributed by atoms with E-state index in [0.29, 0.717) is 6.61 Å². The molecule has 0 fully saturated rings. The molecule has 0 aliphatic heterocycles. The summed E-state index contributed by atoms with van der Waals surface area (Å²) in [5.74, 6) is 0.779. The van der Waals surface area contributed by atoms with Crippen molar-refractivity contribution in [3.63, 3.8) is 0 Å². The van der Waals surface area contributed by atoms with Gasteiger partial charge in [-0.1, -0.05) is 27.2 Å². The fourth-order valence-corrected chi connectivity index (χ4v) is 1.02. The van der Waals surface area contributed by atoms with Crippen LogP contribution in [-0.4, -0.2) is 48.8 Å². The highest BCUT2D eigenvalue weighted by molar-refractivity contribution is 4.47. The molecule has 0 saturated carbocycles. The van der Waals surface area contributed by atoms with Crippen molar-refractivity contribution in [2.24, 2.45) is 5.92 Å². The zero-order valence-electron chi connectivity index (χ0n) is 13.4. The van der Waals surface area contributed by atoms with E-state index < -0.39 is 6.10 Å². The van der Waals surface area contributed by atoms with Crippen molar-refractivity contribution >= 4 is 0 Å². The van der Waals surface area contributed by atoms with Crippen molar-refractivity contribution in [2.75, 3.05) is 26.4 Å². The summed E-state index contributed by atoms with van der Waals surface area (Å²) in [6.45, 7) is 12.2. The Kier molecular flexibility index (Phi) is 17.7. The van der Waals surface area contributed by atoms with Crippen LogP contribution in [0, 0.1) is 5.92 Å². The summed E-state index contributed by atoms with van der Waals surface area (Å²) in [6, 6.07) is 0. The first-order valence-corrected chi connectivity index (χ1v) is 7.42. The van der Waals surface area contributed by atoms with Crippen LogP contribution in [0.5, 0.6) is 0 Å². The van der Waals surface area contributed by atoms with Gasteiger partial charge in [-0.3, -0.25) is 0 Å². The van der Waals surface area contributed by atoms with E-state index in [-0.39, 0.29) is 12.7 Å². The zero-order chi connectivity index (χ0) is 15.1. The van der Waals surface area contributed by atoms with E-state index >= 15 is 0 Å². The first kappa shape index (κ1) is 21.1. The molecule has 0 radical (unpaired) electrons. The summed E-state index contributed by atoms with van der Waals surface area (Å²) in [5, 5.41) is 17.1. The van der Waals surface area contributed by atoms with Crippen LogP contribution in [0.25, 0.3) is 0 Å². The molecular formula is C15H34O4. The minimum absolute atomic E-state index is 0.00667. The van der Waals surface area contributed by atoms with Gasteiger partial charge in [-0.05, 0) is 32.6 Å². The second-order valence-corrected chi connectivity index (χ2v) is 5.32. The largest absolute Gasteiger partial charge is 0.394 e. The van der Waals surface area contributed by atoms with Gasteiger partial charge in [0.15, 0.2) is 0 Å². The highest BCUT2D eigenvalue weighted by Crippen LogP contribution is 1.99. The van der Waals surface area contributed by atoms with Crippen LogP contribution in [-0.2, 0) is 9.47 Å². The Balaban J connectivity index is 0. The number of aliphatic hydroxyl groups excluding tert-OH is 2. The molecule has 0 bridgehead atoms. The molecule has 0 heterocycles. The fourth-order valence-electron chi connectivity index (χ4n) is 1.02. The third-order valence-corrected chi connectivity index (χ3v) is 2.36. The van der Waals surface area contributed by atoms with Crippen LogP contribution < -0.4 is 0 Å². The number of hydrogen-bond donors (Lipinski definition) is 2. The van der Waals surface area contributed by atoms with Crippen molar-refractivity contribution in [1.29, 1.82) is 0 Å². The predicted octanol–water partition coefficient (Wildman–Crippen LogP) is 2.61. The predicted molar refractivity (Wildman–Crippen MR) is 79.4 cm³/mol. The average molecular weight is 278 g/mol. The fraction of sp³-hybridized carbons (Fsp3) is 1.00. The van der Waals surface area contributed by atoms with Gasteiger partial charge in [0.1, 0.15) is 0 Å². The summed E-state index contributed by atoms with van der Waals surface area (Å²) < 4.78 is 10.3. The van der Waals surface area contributed by atoms with Gasteiger partial charge in [-0.15, -0.1) is 0 Å². The summed E-state index contributed by atoms with van der Waals surface area (Å²) in [7, 11) is 0. The molecule has 2 unspecified atom stereocenters. The topological polar surface area (TPSA) is 58.9 Å². The molecule has 0 aromatic rings. The monoisotopic (exact) mass is 278 g/mol. The van der Waals surface area contributed by atoms with Crippen molar-refractivity contribution in [2.45, 2.75) is 66.1 Å². The van der Waals surface area contributed by atoms with E-state index in [1.807, 2.05) is 0 Å². The number of hydrogen-bond acceptors (Lipinski definition) is 4. The van der Waals surface area contributed by atoms with Crippen molar-refractivity contribution in [3.05, 3.63) is 0 Å². The molecule has 0 aliphatic rings. The molecule has 4 heteroatoms. The minimum Gasteiger partial charge on any atom is -0.394 e. The van der Waals surface area contributed by atoms with Crippen LogP contribution >= 0.6 is 0 Å². The molecule has 0 aromatic heterocycles. The molecule has 2 atom stereocenters. The lowest BCUT2D eigenvalue weighted by Crippen LogP contribution is -2.19. The summed E-state index contributed by atoms with van der Waals surface area (Å²) >= 11 is 0. The summed E-state index contributed by atoms with van der Waals surface area (Å²) in [5.41, 5.74) is 0. The Hall–Kier alpha value is -0.160. The van der Waals surface area contributed by atoms with Gasteiger partial charge in [0.2, 0.25) is 0 Å². The van der Waals surface area contributed by atoms with E-state index in [1.54, 1.807) is 13.8 Å². The first-order chi connectivity index (χ1) is 8.93. The number of unbranched alkanes of at least 4 members (excludes halogenated alkanes) is 1. The third kappa shape index (κ3) is 23.4. The van der Waals surface area contributed by atoms with E-state index in [2.05, 4.69) is 20.8 Å². The van der Waals surface area contributed by atoms with E-state index in [1.165, 1.54) is 19.3 Å². The highest BCUT2D eigenvalue weighted by Gasteiger charge is 2.00. The Labute approximate surface area is 119 Å². The van der Waals surface area contributed by atoms with Crippen molar-refractivity contribution < 1.29 is 19.7 Å².